The Morgan fingerprint density at radius 3 is 2.74 bits per heavy atom. The van der Waals surface area contributed by atoms with Gasteiger partial charge in [0.1, 0.15) is 0 Å². The fourth-order valence-electron chi connectivity index (χ4n) is 2.53. The molecule has 0 aliphatic carbocycles. The zero-order valence-electron chi connectivity index (χ0n) is 11.0. The van der Waals surface area contributed by atoms with Crippen LogP contribution in [0, 0.1) is 13.8 Å². The molecule has 2 heterocycles. The molecule has 1 N–H and O–H groups in total. The molecule has 1 unspecified atom stereocenters. The Kier molecular flexibility index (Phi) is 3.12. The number of fused-ring (bicyclic) bond motifs is 1. The van der Waals surface area contributed by atoms with Crippen LogP contribution in [0.3, 0.4) is 0 Å². The molecule has 19 heavy (non-hydrogen) atoms. The first-order valence-corrected chi connectivity index (χ1v) is 7.18. The molecule has 0 bridgehead atoms. The summed E-state index contributed by atoms with van der Waals surface area (Å²) in [6.07, 6.45) is 4.04. The number of hydrogen-bond donors (Lipinski definition) is 1. The van der Waals surface area contributed by atoms with E-state index >= 15 is 0 Å². The van der Waals surface area contributed by atoms with E-state index in [9.17, 15) is 5.11 Å². The van der Waals surface area contributed by atoms with Crippen LogP contribution < -0.4 is 0 Å². The number of hydrogen-bond acceptors (Lipinski definition) is 3. The molecule has 98 valence electrons. The van der Waals surface area contributed by atoms with E-state index in [0.29, 0.717) is 6.42 Å². The fraction of sp³-hybridized carbons (Fsp3) is 0.267. The lowest BCUT2D eigenvalue weighted by Crippen LogP contribution is -2.06. The zero-order chi connectivity index (χ0) is 13.4. The van der Waals surface area contributed by atoms with Crippen LogP contribution in [0.15, 0.2) is 36.0 Å². The third-order valence-corrected chi connectivity index (χ3v) is 4.19. The molecule has 4 heteroatoms. The van der Waals surface area contributed by atoms with Gasteiger partial charge >= 0.3 is 0 Å². The summed E-state index contributed by atoms with van der Waals surface area (Å²) in [5.41, 5.74) is 4.22. The van der Waals surface area contributed by atoms with Crippen LogP contribution in [0.1, 0.15) is 28.5 Å². The number of aryl methyl sites for hydroxylation is 2. The second kappa shape index (κ2) is 4.79. The van der Waals surface area contributed by atoms with Crippen LogP contribution in [0.2, 0.25) is 0 Å². The first-order chi connectivity index (χ1) is 9.15. The Hall–Kier alpha value is -1.65. The highest BCUT2D eigenvalue weighted by molar-refractivity contribution is 7.15. The summed E-state index contributed by atoms with van der Waals surface area (Å²) in [5.74, 6) is 0. The van der Waals surface area contributed by atoms with Crippen LogP contribution in [0.25, 0.3) is 4.96 Å². The Labute approximate surface area is 116 Å². The molecule has 0 spiro atoms. The van der Waals surface area contributed by atoms with E-state index in [-0.39, 0.29) is 0 Å². The van der Waals surface area contributed by atoms with Crippen LogP contribution in [0.4, 0.5) is 0 Å². The smallest absolute Gasteiger partial charge is 0.193 e. The molecule has 0 aliphatic rings. The minimum Gasteiger partial charge on any atom is -0.388 e. The maximum Gasteiger partial charge on any atom is 0.193 e. The van der Waals surface area contributed by atoms with Crippen molar-refractivity contribution in [1.29, 1.82) is 0 Å². The number of thiazole rings is 1. The molecule has 0 amide bonds. The largest absolute Gasteiger partial charge is 0.388 e. The number of aliphatic hydroxyl groups is 1. The van der Waals surface area contributed by atoms with Gasteiger partial charge in [-0.05, 0) is 30.5 Å². The second-order valence-corrected chi connectivity index (χ2v) is 5.72. The van der Waals surface area contributed by atoms with Gasteiger partial charge in [0, 0.05) is 24.2 Å². The van der Waals surface area contributed by atoms with Crippen molar-refractivity contribution in [2.24, 2.45) is 0 Å². The van der Waals surface area contributed by atoms with Gasteiger partial charge in [-0.15, -0.1) is 11.3 Å². The summed E-state index contributed by atoms with van der Waals surface area (Å²) in [5, 5.41) is 12.5. The summed E-state index contributed by atoms with van der Waals surface area (Å²) in [6.45, 7) is 4.08. The summed E-state index contributed by atoms with van der Waals surface area (Å²) < 4.78 is 2.00. The Morgan fingerprint density at radius 1 is 1.32 bits per heavy atom. The number of benzene rings is 1. The minimum atomic E-state index is -0.495. The van der Waals surface area contributed by atoms with Crippen molar-refractivity contribution in [3.05, 3.63) is 58.4 Å². The lowest BCUT2D eigenvalue weighted by molar-refractivity contribution is 0.176. The average Bonchev–Trinajstić information content (AvgIpc) is 2.89. The van der Waals surface area contributed by atoms with Crippen molar-refractivity contribution in [3.63, 3.8) is 0 Å². The van der Waals surface area contributed by atoms with Gasteiger partial charge in [0.05, 0.1) is 11.8 Å². The van der Waals surface area contributed by atoms with Gasteiger partial charge in [-0.2, -0.15) is 0 Å². The van der Waals surface area contributed by atoms with Gasteiger partial charge < -0.3 is 5.11 Å². The lowest BCUT2D eigenvalue weighted by atomic mass is 9.95. The number of rotatable bonds is 3. The number of imidazole rings is 1. The first-order valence-electron chi connectivity index (χ1n) is 6.30. The molecule has 0 radical (unpaired) electrons. The highest BCUT2D eigenvalue weighted by Crippen LogP contribution is 2.25. The summed E-state index contributed by atoms with van der Waals surface area (Å²) >= 11 is 1.61. The molecular weight excluding hydrogens is 256 g/mol. The summed E-state index contributed by atoms with van der Waals surface area (Å²) in [6, 6.07) is 6.10. The van der Waals surface area contributed by atoms with Gasteiger partial charge in [0.15, 0.2) is 4.96 Å². The van der Waals surface area contributed by atoms with E-state index < -0.39 is 6.10 Å². The van der Waals surface area contributed by atoms with Gasteiger partial charge in [-0.1, -0.05) is 18.2 Å². The molecule has 3 aromatic rings. The van der Waals surface area contributed by atoms with Crippen molar-refractivity contribution < 1.29 is 5.11 Å². The summed E-state index contributed by atoms with van der Waals surface area (Å²) in [4.78, 5) is 5.49. The minimum absolute atomic E-state index is 0.495. The molecular formula is C15H16N2OS. The van der Waals surface area contributed by atoms with Crippen LogP contribution in [-0.2, 0) is 6.42 Å². The molecule has 1 aromatic carbocycles. The molecule has 2 aromatic heterocycles. The van der Waals surface area contributed by atoms with Crippen LogP contribution >= 0.6 is 11.3 Å². The Morgan fingerprint density at radius 2 is 2.05 bits per heavy atom. The Bertz CT molecular complexity index is 665. The molecule has 0 aliphatic heterocycles. The van der Waals surface area contributed by atoms with E-state index in [1.54, 1.807) is 11.3 Å². The number of aromatic nitrogens is 2. The quantitative estimate of drug-likeness (QED) is 0.794. The highest BCUT2D eigenvalue weighted by Gasteiger charge is 2.15. The maximum atomic E-state index is 10.5. The third kappa shape index (κ3) is 2.29. The van der Waals surface area contributed by atoms with Crippen LogP contribution in [0.5, 0.6) is 0 Å². The van der Waals surface area contributed by atoms with Gasteiger partial charge in [0.2, 0.25) is 0 Å². The van der Waals surface area contributed by atoms with Crippen molar-refractivity contribution in [1.82, 2.24) is 9.38 Å². The lowest BCUT2D eigenvalue weighted by Gasteiger charge is -2.15. The Balaban J connectivity index is 1.88. The molecule has 0 saturated carbocycles. The van der Waals surface area contributed by atoms with Gasteiger partial charge in [-0.3, -0.25) is 4.40 Å². The normalized spacial score (nSPS) is 13.0. The van der Waals surface area contributed by atoms with E-state index in [4.69, 9.17) is 0 Å². The van der Waals surface area contributed by atoms with E-state index in [0.717, 1.165) is 27.3 Å². The highest BCUT2D eigenvalue weighted by atomic mass is 32.1. The van der Waals surface area contributed by atoms with Crippen molar-refractivity contribution >= 4 is 16.3 Å². The summed E-state index contributed by atoms with van der Waals surface area (Å²) in [7, 11) is 0. The van der Waals surface area contributed by atoms with Crippen molar-refractivity contribution in [2.75, 3.05) is 0 Å². The first kappa shape index (κ1) is 12.4. The van der Waals surface area contributed by atoms with Crippen molar-refractivity contribution in [2.45, 2.75) is 26.4 Å². The monoisotopic (exact) mass is 272 g/mol. The molecule has 1 atom stereocenters. The molecule has 3 nitrogen and oxygen atoms in total. The zero-order valence-corrected chi connectivity index (χ0v) is 11.8. The second-order valence-electron chi connectivity index (χ2n) is 4.85. The molecule has 3 rings (SSSR count). The SMILES string of the molecule is Cc1cccc(C)c1C(O)Cc1cn2ccsc2n1. The third-order valence-electron chi connectivity index (χ3n) is 3.42. The fourth-order valence-corrected chi connectivity index (χ4v) is 3.25. The van der Waals surface area contributed by atoms with Crippen LogP contribution in [-0.4, -0.2) is 14.5 Å². The number of nitrogens with zero attached hydrogens (tertiary/aromatic N) is 2. The topological polar surface area (TPSA) is 37.5 Å². The van der Waals surface area contributed by atoms with E-state index in [2.05, 4.69) is 4.98 Å². The van der Waals surface area contributed by atoms with Gasteiger partial charge in [0.25, 0.3) is 0 Å². The van der Waals surface area contributed by atoms with E-state index in [1.165, 1.54) is 0 Å². The number of aliphatic hydroxyl groups excluding tert-OH is 1. The standard InChI is InChI=1S/C15H16N2OS/c1-10-4-3-5-11(2)14(10)13(18)8-12-9-17-6-7-19-15(17)16-12/h3-7,9,13,18H,8H2,1-2H3. The predicted molar refractivity (Wildman–Crippen MR) is 77.6 cm³/mol. The van der Waals surface area contributed by atoms with E-state index in [1.807, 2.05) is 54.2 Å². The van der Waals surface area contributed by atoms with Crippen molar-refractivity contribution in [3.8, 4) is 0 Å². The average molecular weight is 272 g/mol. The predicted octanol–water partition coefficient (Wildman–Crippen LogP) is 3.29. The maximum absolute atomic E-state index is 10.5. The van der Waals surface area contributed by atoms with Gasteiger partial charge in [-0.25, -0.2) is 4.98 Å². The molecule has 0 fully saturated rings. The molecule has 0 saturated heterocycles.